The van der Waals surface area contributed by atoms with E-state index in [0.29, 0.717) is 23.6 Å². The Morgan fingerprint density at radius 1 is 1.56 bits per heavy atom. The Hall–Kier alpha value is -1.83. The summed E-state index contributed by atoms with van der Waals surface area (Å²) in [6.07, 6.45) is 4.06. The van der Waals surface area contributed by atoms with Gasteiger partial charge < -0.3 is 10.6 Å². The van der Waals surface area contributed by atoms with Crippen LogP contribution in [0, 0.1) is 0 Å². The quantitative estimate of drug-likeness (QED) is 0.457. The van der Waals surface area contributed by atoms with Gasteiger partial charge in [-0.15, -0.1) is 10.2 Å². The highest BCUT2D eigenvalue weighted by Gasteiger charge is 2.13. The number of amides is 1. The molecule has 1 amide bonds. The monoisotopic (exact) mass is 238 g/mol. The number of anilines is 2. The number of carbonyl (C=O) groups excluding carboxylic acids is 1. The molecule has 2 aromatic heterocycles. The van der Waals surface area contributed by atoms with Crippen molar-refractivity contribution in [2.24, 2.45) is 0 Å². The molecule has 0 aromatic carbocycles. The number of fused-ring (bicyclic) bond motifs is 1. The molecule has 2 aromatic rings. The van der Waals surface area contributed by atoms with Gasteiger partial charge in [-0.2, -0.15) is 0 Å². The van der Waals surface area contributed by atoms with Gasteiger partial charge in [-0.05, 0) is 6.26 Å². The van der Waals surface area contributed by atoms with Crippen molar-refractivity contribution in [1.29, 1.82) is 0 Å². The van der Waals surface area contributed by atoms with Crippen LogP contribution in [0.4, 0.5) is 11.5 Å². The molecular formula is C8H10N6OS. The molecule has 0 aliphatic heterocycles. The highest BCUT2D eigenvalue weighted by atomic mass is 32.2. The Bertz CT molecular complexity index is 524. The maximum Gasteiger partial charge on any atom is 0.211 e. The van der Waals surface area contributed by atoms with Gasteiger partial charge in [0.1, 0.15) is 12.0 Å². The SMILES string of the molecule is CNc1nc(SC)n2cnnc2c1NC=O. The molecule has 84 valence electrons. The smallest absolute Gasteiger partial charge is 0.211 e. The Balaban J connectivity index is 2.74. The zero-order valence-electron chi connectivity index (χ0n) is 8.76. The van der Waals surface area contributed by atoms with E-state index in [4.69, 9.17) is 0 Å². The van der Waals surface area contributed by atoms with E-state index >= 15 is 0 Å². The lowest BCUT2D eigenvalue weighted by atomic mass is 10.4. The Labute approximate surface area is 95.7 Å². The molecule has 0 aliphatic rings. The lowest BCUT2D eigenvalue weighted by Gasteiger charge is -2.10. The first kappa shape index (κ1) is 10.7. The standard InChI is InChI=1S/C8H10N6OS/c1-9-6-5(10-4-15)7-13-11-3-14(7)8(12-6)16-2/h3-4,9H,1-2H3,(H,10,15). The number of aromatic nitrogens is 4. The van der Waals surface area contributed by atoms with E-state index in [-0.39, 0.29) is 0 Å². The molecule has 0 bridgehead atoms. The molecule has 0 unspecified atom stereocenters. The van der Waals surface area contributed by atoms with Crippen LogP contribution in [0.1, 0.15) is 0 Å². The summed E-state index contributed by atoms with van der Waals surface area (Å²) in [5.74, 6) is 0.567. The van der Waals surface area contributed by atoms with Crippen LogP contribution in [0.15, 0.2) is 11.5 Å². The Morgan fingerprint density at radius 2 is 2.38 bits per heavy atom. The second-order valence-corrected chi connectivity index (χ2v) is 3.63. The van der Waals surface area contributed by atoms with Crippen molar-refractivity contribution in [3.63, 3.8) is 0 Å². The van der Waals surface area contributed by atoms with Crippen molar-refractivity contribution in [3.05, 3.63) is 6.33 Å². The molecule has 0 saturated carbocycles. The van der Waals surface area contributed by atoms with Crippen molar-refractivity contribution in [3.8, 4) is 0 Å². The van der Waals surface area contributed by atoms with Crippen LogP contribution in [-0.4, -0.2) is 39.3 Å². The summed E-state index contributed by atoms with van der Waals surface area (Å²) in [5, 5.41) is 14.0. The van der Waals surface area contributed by atoms with E-state index in [0.717, 1.165) is 5.16 Å². The van der Waals surface area contributed by atoms with Gasteiger partial charge in [-0.1, -0.05) is 11.8 Å². The zero-order chi connectivity index (χ0) is 11.5. The fraction of sp³-hybridized carbons (Fsp3) is 0.250. The first-order chi connectivity index (χ1) is 7.81. The van der Waals surface area contributed by atoms with Crippen LogP contribution in [0.2, 0.25) is 0 Å². The summed E-state index contributed by atoms with van der Waals surface area (Å²) in [6.45, 7) is 0. The van der Waals surface area contributed by atoms with E-state index in [1.165, 1.54) is 11.8 Å². The minimum atomic E-state index is 0.521. The number of hydrogen-bond donors (Lipinski definition) is 2. The molecule has 0 atom stereocenters. The van der Waals surface area contributed by atoms with Crippen LogP contribution in [0.25, 0.3) is 5.65 Å². The average Bonchev–Trinajstić information content (AvgIpc) is 2.78. The van der Waals surface area contributed by atoms with Crippen molar-refractivity contribution >= 4 is 35.3 Å². The van der Waals surface area contributed by atoms with Gasteiger partial charge in [-0.3, -0.25) is 9.20 Å². The molecule has 0 spiro atoms. The molecule has 7 nitrogen and oxygen atoms in total. The normalized spacial score (nSPS) is 10.4. The minimum absolute atomic E-state index is 0.521. The molecule has 2 heterocycles. The largest absolute Gasteiger partial charge is 0.371 e. The van der Waals surface area contributed by atoms with Gasteiger partial charge >= 0.3 is 0 Å². The molecular weight excluding hydrogens is 228 g/mol. The number of nitrogens with zero attached hydrogens (tertiary/aromatic N) is 4. The topological polar surface area (TPSA) is 84.2 Å². The highest BCUT2D eigenvalue weighted by Crippen LogP contribution is 2.26. The minimum Gasteiger partial charge on any atom is -0.371 e. The zero-order valence-corrected chi connectivity index (χ0v) is 9.58. The molecule has 0 saturated heterocycles. The molecule has 16 heavy (non-hydrogen) atoms. The summed E-state index contributed by atoms with van der Waals surface area (Å²) >= 11 is 1.47. The number of nitrogens with one attached hydrogen (secondary N) is 2. The third-order valence-electron chi connectivity index (χ3n) is 2.04. The van der Waals surface area contributed by atoms with E-state index in [1.807, 2.05) is 6.26 Å². The second-order valence-electron chi connectivity index (χ2n) is 2.86. The predicted octanol–water partition coefficient (Wildman–Crippen LogP) is 0.456. The van der Waals surface area contributed by atoms with Gasteiger partial charge in [-0.25, -0.2) is 4.98 Å². The fourth-order valence-electron chi connectivity index (χ4n) is 1.37. The summed E-state index contributed by atoms with van der Waals surface area (Å²) < 4.78 is 1.72. The maximum atomic E-state index is 10.5. The second kappa shape index (κ2) is 4.35. The Kier molecular flexibility index (Phi) is 2.91. The summed E-state index contributed by atoms with van der Waals surface area (Å²) in [7, 11) is 1.73. The molecule has 2 N–H and O–H groups in total. The molecule has 0 fully saturated rings. The Morgan fingerprint density at radius 3 is 3.00 bits per heavy atom. The molecule has 8 heteroatoms. The number of thioether (sulfide) groups is 1. The summed E-state index contributed by atoms with van der Waals surface area (Å²) in [6, 6.07) is 0. The van der Waals surface area contributed by atoms with E-state index < -0.39 is 0 Å². The number of carbonyl (C=O) groups is 1. The number of rotatable bonds is 4. The van der Waals surface area contributed by atoms with Crippen molar-refractivity contribution < 1.29 is 4.79 Å². The highest BCUT2D eigenvalue weighted by molar-refractivity contribution is 7.98. The van der Waals surface area contributed by atoms with E-state index in [2.05, 4.69) is 25.8 Å². The third kappa shape index (κ3) is 1.56. The van der Waals surface area contributed by atoms with Gasteiger partial charge in [0.15, 0.2) is 16.6 Å². The lowest BCUT2D eigenvalue weighted by Crippen LogP contribution is -2.07. The molecule has 0 aliphatic carbocycles. The van der Waals surface area contributed by atoms with Gasteiger partial charge in [0.05, 0.1) is 0 Å². The van der Waals surface area contributed by atoms with Crippen molar-refractivity contribution in [1.82, 2.24) is 19.6 Å². The first-order valence-electron chi connectivity index (χ1n) is 4.47. The maximum absolute atomic E-state index is 10.5. The van der Waals surface area contributed by atoms with E-state index in [9.17, 15) is 4.79 Å². The fourth-order valence-corrected chi connectivity index (χ4v) is 1.89. The van der Waals surface area contributed by atoms with Crippen LogP contribution >= 0.6 is 11.8 Å². The van der Waals surface area contributed by atoms with E-state index in [1.54, 1.807) is 17.8 Å². The van der Waals surface area contributed by atoms with Crippen LogP contribution in [-0.2, 0) is 4.79 Å². The van der Waals surface area contributed by atoms with Gasteiger partial charge in [0.25, 0.3) is 0 Å². The van der Waals surface area contributed by atoms with Crippen molar-refractivity contribution in [2.45, 2.75) is 5.16 Å². The predicted molar refractivity (Wildman–Crippen MR) is 61.8 cm³/mol. The lowest BCUT2D eigenvalue weighted by molar-refractivity contribution is -0.105. The first-order valence-corrected chi connectivity index (χ1v) is 5.70. The average molecular weight is 238 g/mol. The van der Waals surface area contributed by atoms with Gasteiger partial charge in [0.2, 0.25) is 6.41 Å². The van der Waals surface area contributed by atoms with Gasteiger partial charge in [0, 0.05) is 7.05 Å². The molecule has 2 rings (SSSR count). The van der Waals surface area contributed by atoms with Crippen LogP contribution in [0.3, 0.4) is 0 Å². The summed E-state index contributed by atoms with van der Waals surface area (Å²) in [4.78, 5) is 14.9. The third-order valence-corrected chi connectivity index (χ3v) is 2.70. The number of hydrogen-bond acceptors (Lipinski definition) is 6. The van der Waals surface area contributed by atoms with Crippen LogP contribution in [0.5, 0.6) is 0 Å². The molecule has 0 radical (unpaired) electrons. The van der Waals surface area contributed by atoms with Crippen molar-refractivity contribution in [2.75, 3.05) is 23.9 Å². The van der Waals surface area contributed by atoms with Crippen LogP contribution < -0.4 is 10.6 Å². The summed E-state index contributed by atoms with van der Waals surface area (Å²) in [5.41, 5.74) is 1.09.